The van der Waals surface area contributed by atoms with Gasteiger partial charge in [0.25, 0.3) is 0 Å². The fourth-order valence-electron chi connectivity index (χ4n) is 3.19. The molecule has 0 amide bonds. The second-order valence-electron chi connectivity index (χ2n) is 6.18. The van der Waals surface area contributed by atoms with Crippen LogP contribution < -0.4 is 4.74 Å². The number of imidazole rings is 1. The van der Waals surface area contributed by atoms with Gasteiger partial charge < -0.3 is 19.2 Å². The van der Waals surface area contributed by atoms with Crippen LogP contribution in [-0.4, -0.2) is 40.7 Å². The number of benzene rings is 1. The van der Waals surface area contributed by atoms with Gasteiger partial charge in [-0.25, -0.2) is 0 Å². The van der Waals surface area contributed by atoms with Gasteiger partial charge in [-0.15, -0.1) is 0 Å². The van der Waals surface area contributed by atoms with Crippen molar-refractivity contribution in [3.63, 3.8) is 0 Å². The zero-order valence-electron chi connectivity index (χ0n) is 12.9. The minimum Gasteiger partial charge on any atom is -0.489 e. The number of ether oxygens (including phenoxy) is 1. The van der Waals surface area contributed by atoms with E-state index in [0.29, 0.717) is 6.04 Å². The Morgan fingerprint density at radius 1 is 1.38 bits per heavy atom. The lowest BCUT2D eigenvalue weighted by Crippen LogP contribution is -2.33. The summed E-state index contributed by atoms with van der Waals surface area (Å²) in [5.74, 6) is 0.886. The predicted molar refractivity (Wildman–Crippen MR) is 88.7 cm³/mol. The Balaban J connectivity index is 2.07. The van der Waals surface area contributed by atoms with Gasteiger partial charge in [0.2, 0.25) is 0 Å². The van der Waals surface area contributed by atoms with Gasteiger partial charge in [0.05, 0.1) is 11.6 Å². The first-order valence-electron chi connectivity index (χ1n) is 7.64. The number of likely N-dealkylation sites (tertiary alicyclic amines) is 1. The number of rotatable bonds is 3. The van der Waals surface area contributed by atoms with Crippen molar-refractivity contribution in [2.45, 2.75) is 38.8 Å². The SMILES string of the molecule is CC(C)Oc1cccc2c1[nH]c(=S)n2C1CCCN(C)C1. The van der Waals surface area contributed by atoms with E-state index < -0.39 is 0 Å². The van der Waals surface area contributed by atoms with Crippen molar-refractivity contribution in [3.05, 3.63) is 23.0 Å². The van der Waals surface area contributed by atoms with Crippen LogP contribution in [0.3, 0.4) is 0 Å². The number of hydrogen-bond donors (Lipinski definition) is 1. The van der Waals surface area contributed by atoms with Gasteiger partial charge in [0.1, 0.15) is 11.3 Å². The van der Waals surface area contributed by atoms with E-state index in [1.165, 1.54) is 19.4 Å². The lowest BCUT2D eigenvalue weighted by molar-refractivity contribution is 0.214. The molecule has 1 fully saturated rings. The minimum absolute atomic E-state index is 0.154. The molecule has 0 aliphatic carbocycles. The summed E-state index contributed by atoms with van der Waals surface area (Å²) in [6.45, 7) is 6.31. The monoisotopic (exact) mass is 305 g/mol. The Bertz CT molecular complexity index is 688. The second-order valence-corrected chi connectivity index (χ2v) is 6.56. The van der Waals surface area contributed by atoms with Crippen LogP contribution >= 0.6 is 12.2 Å². The number of fused-ring (bicyclic) bond motifs is 1. The average Bonchev–Trinajstić information content (AvgIpc) is 2.75. The zero-order chi connectivity index (χ0) is 15.0. The summed E-state index contributed by atoms with van der Waals surface area (Å²) in [7, 11) is 2.18. The molecule has 0 bridgehead atoms. The maximum atomic E-state index is 5.90. The summed E-state index contributed by atoms with van der Waals surface area (Å²) in [5.41, 5.74) is 2.17. The van der Waals surface area contributed by atoms with E-state index in [0.717, 1.165) is 28.1 Å². The second kappa shape index (κ2) is 5.81. The van der Waals surface area contributed by atoms with Crippen LogP contribution in [0.5, 0.6) is 5.75 Å². The number of likely N-dealkylation sites (N-methyl/N-ethyl adjacent to an activating group) is 1. The molecule has 5 heteroatoms. The first-order valence-corrected chi connectivity index (χ1v) is 8.05. The largest absolute Gasteiger partial charge is 0.489 e. The van der Waals surface area contributed by atoms with Crippen LogP contribution in [-0.2, 0) is 0 Å². The Morgan fingerprint density at radius 2 is 2.19 bits per heavy atom. The summed E-state index contributed by atoms with van der Waals surface area (Å²) in [5, 5.41) is 0. The van der Waals surface area contributed by atoms with Gasteiger partial charge in [-0.2, -0.15) is 0 Å². The Labute approximate surface area is 130 Å². The average molecular weight is 305 g/mol. The van der Waals surface area contributed by atoms with Crippen molar-refractivity contribution in [1.29, 1.82) is 0 Å². The highest BCUT2D eigenvalue weighted by molar-refractivity contribution is 7.71. The summed E-state index contributed by atoms with van der Waals surface area (Å²) < 4.78 is 8.97. The quantitative estimate of drug-likeness (QED) is 0.877. The van der Waals surface area contributed by atoms with E-state index in [2.05, 4.69) is 27.6 Å². The number of hydrogen-bond acceptors (Lipinski definition) is 3. The van der Waals surface area contributed by atoms with Crippen molar-refractivity contribution in [3.8, 4) is 5.75 Å². The summed E-state index contributed by atoms with van der Waals surface area (Å²) >= 11 is 5.58. The first-order chi connectivity index (χ1) is 10.1. The molecule has 0 saturated carbocycles. The molecule has 0 radical (unpaired) electrons. The highest BCUT2D eigenvalue weighted by Crippen LogP contribution is 2.30. The van der Waals surface area contributed by atoms with Crippen molar-refractivity contribution in [2.24, 2.45) is 0 Å². The smallest absolute Gasteiger partial charge is 0.178 e. The molecule has 3 rings (SSSR count). The molecule has 2 heterocycles. The van der Waals surface area contributed by atoms with E-state index in [9.17, 15) is 0 Å². The molecule has 114 valence electrons. The number of aromatic nitrogens is 2. The predicted octanol–water partition coefficient (Wildman–Crippen LogP) is 3.75. The first kappa shape index (κ1) is 14.6. The molecule has 2 aromatic rings. The van der Waals surface area contributed by atoms with Gasteiger partial charge in [-0.1, -0.05) is 6.07 Å². The molecular formula is C16H23N3OS. The van der Waals surface area contributed by atoms with E-state index >= 15 is 0 Å². The van der Waals surface area contributed by atoms with Crippen LogP contribution in [0.15, 0.2) is 18.2 Å². The van der Waals surface area contributed by atoms with Crippen LogP contribution in [0, 0.1) is 4.77 Å². The molecule has 21 heavy (non-hydrogen) atoms. The molecule has 1 aromatic heterocycles. The topological polar surface area (TPSA) is 33.2 Å². The van der Waals surface area contributed by atoms with Crippen molar-refractivity contribution in [1.82, 2.24) is 14.5 Å². The normalized spacial score (nSPS) is 20.3. The van der Waals surface area contributed by atoms with E-state index in [-0.39, 0.29) is 6.10 Å². The highest BCUT2D eigenvalue weighted by atomic mass is 32.1. The number of nitrogens with one attached hydrogen (secondary N) is 1. The fourth-order valence-corrected chi connectivity index (χ4v) is 3.54. The molecule has 1 N–H and O–H groups in total. The van der Waals surface area contributed by atoms with Gasteiger partial charge in [-0.3, -0.25) is 0 Å². The van der Waals surface area contributed by atoms with Gasteiger partial charge in [-0.05, 0) is 64.6 Å². The molecule has 1 aliphatic heterocycles. The van der Waals surface area contributed by atoms with E-state index in [1.807, 2.05) is 26.0 Å². The Kier molecular flexibility index (Phi) is 4.04. The van der Waals surface area contributed by atoms with Crippen LogP contribution in [0.1, 0.15) is 32.7 Å². The fraction of sp³-hybridized carbons (Fsp3) is 0.562. The number of piperidine rings is 1. The van der Waals surface area contributed by atoms with E-state index in [4.69, 9.17) is 17.0 Å². The van der Waals surface area contributed by atoms with Gasteiger partial charge in [0, 0.05) is 12.6 Å². The maximum absolute atomic E-state index is 5.90. The lowest BCUT2D eigenvalue weighted by Gasteiger charge is -2.30. The summed E-state index contributed by atoms with van der Waals surface area (Å²) in [4.78, 5) is 5.73. The van der Waals surface area contributed by atoms with Gasteiger partial charge in [0.15, 0.2) is 4.77 Å². The molecule has 1 unspecified atom stereocenters. The zero-order valence-corrected chi connectivity index (χ0v) is 13.7. The third kappa shape index (κ3) is 2.85. The number of aromatic amines is 1. The van der Waals surface area contributed by atoms with Crippen molar-refractivity contribution >= 4 is 23.3 Å². The molecule has 1 aromatic carbocycles. The highest BCUT2D eigenvalue weighted by Gasteiger charge is 2.22. The summed E-state index contributed by atoms with van der Waals surface area (Å²) in [6, 6.07) is 6.62. The Morgan fingerprint density at radius 3 is 2.90 bits per heavy atom. The molecule has 1 atom stereocenters. The molecule has 4 nitrogen and oxygen atoms in total. The Hall–Kier alpha value is -1.33. The van der Waals surface area contributed by atoms with E-state index in [1.54, 1.807) is 0 Å². The number of H-pyrrole nitrogens is 1. The molecule has 1 saturated heterocycles. The molecule has 1 aliphatic rings. The number of para-hydroxylation sites is 1. The van der Waals surface area contributed by atoms with Crippen LogP contribution in [0.25, 0.3) is 11.0 Å². The molecule has 0 spiro atoms. The van der Waals surface area contributed by atoms with Crippen molar-refractivity contribution < 1.29 is 4.74 Å². The third-order valence-corrected chi connectivity index (χ3v) is 4.34. The van der Waals surface area contributed by atoms with Crippen LogP contribution in [0.4, 0.5) is 0 Å². The lowest BCUT2D eigenvalue weighted by atomic mass is 10.1. The summed E-state index contributed by atoms with van der Waals surface area (Å²) in [6.07, 6.45) is 2.56. The maximum Gasteiger partial charge on any atom is 0.178 e. The minimum atomic E-state index is 0.154. The standard InChI is InChI=1S/C16H23N3OS/c1-11(2)20-14-8-4-7-13-15(14)17-16(21)19(13)12-6-5-9-18(3)10-12/h4,7-8,11-12H,5-6,9-10H2,1-3H3,(H,17,21). The third-order valence-electron chi connectivity index (χ3n) is 4.04. The van der Waals surface area contributed by atoms with Crippen molar-refractivity contribution in [2.75, 3.05) is 20.1 Å². The number of nitrogens with zero attached hydrogens (tertiary/aromatic N) is 2. The van der Waals surface area contributed by atoms with Gasteiger partial charge >= 0.3 is 0 Å². The van der Waals surface area contributed by atoms with Crippen LogP contribution in [0.2, 0.25) is 0 Å². The molecular weight excluding hydrogens is 282 g/mol.